The van der Waals surface area contributed by atoms with Crippen molar-refractivity contribution in [3.05, 3.63) is 18.2 Å². The van der Waals surface area contributed by atoms with Crippen LogP contribution in [0.25, 0.3) is 0 Å². The van der Waals surface area contributed by atoms with Gasteiger partial charge >= 0.3 is 29.6 Å². The fourth-order valence-electron chi connectivity index (χ4n) is 0.761. The van der Waals surface area contributed by atoms with Gasteiger partial charge in [0.2, 0.25) is 0 Å². The molecule has 0 atom stereocenters. The molecule has 1 rings (SSSR count). The minimum absolute atomic E-state index is 0. The van der Waals surface area contributed by atoms with Gasteiger partial charge in [0, 0.05) is 0 Å². The second-order valence-electron chi connectivity index (χ2n) is 2.17. The van der Waals surface area contributed by atoms with Gasteiger partial charge in [-0.05, 0) is 12.1 Å². The van der Waals surface area contributed by atoms with Crippen LogP contribution < -0.4 is 40.4 Å². The molecule has 7 heteroatoms. The summed E-state index contributed by atoms with van der Waals surface area (Å²) < 4.78 is 29.6. The first-order valence-corrected chi connectivity index (χ1v) is 4.39. The van der Waals surface area contributed by atoms with Crippen molar-refractivity contribution in [3.8, 4) is 5.75 Å². The van der Waals surface area contributed by atoms with E-state index in [9.17, 15) is 13.5 Å². The van der Waals surface area contributed by atoms with Crippen LogP contribution in [0.15, 0.2) is 23.1 Å². The summed E-state index contributed by atoms with van der Waals surface area (Å²) >= 11 is 0. The van der Waals surface area contributed by atoms with E-state index in [0.717, 1.165) is 18.2 Å². The van der Waals surface area contributed by atoms with Gasteiger partial charge in [0.05, 0.1) is 5.69 Å². The fourth-order valence-corrected chi connectivity index (χ4v) is 1.36. The monoisotopic (exact) mass is 211 g/mol. The van der Waals surface area contributed by atoms with Crippen molar-refractivity contribution >= 4 is 15.8 Å². The van der Waals surface area contributed by atoms with Gasteiger partial charge in [0.25, 0.3) is 10.1 Å². The third-order valence-corrected chi connectivity index (χ3v) is 2.19. The zero-order valence-corrected chi connectivity index (χ0v) is 9.71. The summed E-state index contributed by atoms with van der Waals surface area (Å²) in [5.74, 6) is -0.403. The number of benzene rings is 1. The molecule has 0 heterocycles. The van der Waals surface area contributed by atoms with Crippen LogP contribution in [-0.2, 0) is 10.1 Å². The second kappa shape index (κ2) is 4.30. The molecule has 0 unspecified atom stereocenters. The Kier molecular flexibility index (Phi) is 4.21. The Bertz CT molecular complexity index is 403. The molecule has 13 heavy (non-hydrogen) atoms. The molecule has 0 fully saturated rings. The van der Waals surface area contributed by atoms with Crippen molar-refractivity contribution < 1.29 is 47.6 Å². The predicted octanol–water partition coefficient (Wildman–Crippen LogP) is -3.41. The Balaban J connectivity index is 0.00000144. The van der Waals surface area contributed by atoms with Crippen molar-refractivity contribution in [2.75, 3.05) is 5.73 Å². The second-order valence-corrected chi connectivity index (χ2v) is 3.56. The quantitative estimate of drug-likeness (QED) is 0.286. The van der Waals surface area contributed by atoms with Crippen LogP contribution in [0.1, 0.15) is 0 Å². The Morgan fingerprint density at radius 1 is 1.38 bits per heavy atom. The molecular weight excluding hydrogens is 205 g/mol. The molecule has 0 bridgehead atoms. The molecule has 66 valence electrons. The van der Waals surface area contributed by atoms with Gasteiger partial charge in [-0.2, -0.15) is 8.42 Å². The molecule has 0 aliphatic rings. The SMILES string of the molecule is Nc1cc([O-])ccc1S(=O)(=O)O.[Na+]. The van der Waals surface area contributed by atoms with Crippen molar-refractivity contribution in [3.63, 3.8) is 0 Å². The summed E-state index contributed by atoms with van der Waals surface area (Å²) in [6.45, 7) is 0. The summed E-state index contributed by atoms with van der Waals surface area (Å²) in [6, 6.07) is 2.91. The van der Waals surface area contributed by atoms with Crippen molar-refractivity contribution in [1.29, 1.82) is 0 Å². The first-order valence-electron chi connectivity index (χ1n) is 2.95. The van der Waals surface area contributed by atoms with Gasteiger partial charge in [0.15, 0.2) is 0 Å². The van der Waals surface area contributed by atoms with E-state index in [1.165, 1.54) is 0 Å². The number of anilines is 1. The average Bonchev–Trinajstić information content (AvgIpc) is 1.83. The Labute approximate surface area is 97.6 Å². The fraction of sp³-hybridized carbons (Fsp3) is 0. The van der Waals surface area contributed by atoms with Crippen LogP contribution in [0.5, 0.6) is 5.75 Å². The van der Waals surface area contributed by atoms with E-state index < -0.39 is 20.8 Å². The minimum Gasteiger partial charge on any atom is -0.872 e. The maximum Gasteiger partial charge on any atom is 1.00 e. The van der Waals surface area contributed by atoms with Crippen LogP contribution in [0.2, 0.25) is 0 Å². The molecule has 3 N–H and O–H groups in total. The van der Waals surface area contributed by atoms with E-state index in [2.05, 4.69) is 0 Å². The molecule has 1 aromatic carbocycles. The predicted molar refractivity (Wildman–Crippen MR) is 40.1 cm³/mol. The molecule has 1 aromatic rings. The molecule has 0 aliphatic heterocycles. The van der Waals surface area contributed by atoms with Crippen LogP contribution in [0, 0.1) is 0 Å². The summed E-state index contributed by atoms with van der Waals surface area (Å²) in [6.07, 6.45) is 0. The molecule has 0 aliphatic carbocycles. The van der Waals surface area contributed by atoms with E-state index in [0.29, 0.717) is 0 Å². The zero-order chi connectivity index (χ0) is 9.35. The summed E-state index contributed by atoms with van der Waals surface area (Å²) in [7, 11) is -4.31. The number of hydrogen-bond donors (Lipinski definition) is 2. The number of hydrogen-bond acceptors (Lipinski definition) is 4. The smallest absolute Gasteiger partial charge is 0.872 e. The summed E-state index contributed by atoms with van der Waals surface area (Å²) in [5.41, 5.74) is 4.92. The van der Waals surface area contributed by atoms with E-state index in [4.69, 9.17) is 10.3 Å². The van der Waals surface area contributed by atoms with Gasteiger partial charge in [-0.15, -0.1) is 5.75 Å². The summed E-state index contributed by atoms with van der Waals surface area (Å²) in [4.78, 5) is -0.442. The Morgan fingerprint density at radius 3 is 2.31 bits per heavy atom. The number of nitrogen functional groups attached to an aromatic ring is 1. The molecule has 0 saturated heterocycles. The summed E-state index contributed by atoms with van der Waals surface area (Å²) in [5, 5.41) is 10.6. The molecule has 0 aromatic heterocycles. The van der Waals surface area contributed by atoms with Crippen LogP contribution >= 0.6 is 0 Å². The number of rotatable bonds is 1. The van der Waals surface area contributed by atoms with Gasteiger partial charge in [0.1, 0.15) is 4.90 Å². The van der Waals surface area contributed by atoms with E-state index in [1.807, 2.05) is 0 Å². The zero-order valence-electron chi connectivity index (χ0n) is 6.89. The first-order chi connectivity index (χ1) is 5.41. The topological polar surface area (TPSA) is 103 Å². The first kappa shape index (κ1) is 12.7. The maximum atomic E-state index is 10.6. The van der Waals surface area contributed by atoms with Gasteiger partial charge in [-0.1, -0.05) is 6.07 Å². The van der Waals surface area contributed by atoms with Gasteiger partial charge in [-0.3, -0.25) is 4.55 Å². The largest absolute Gasteiger partial charge is 1.00 e. The number of nitrogens with two attached hydrogens (primary N) is 1. The third-order valence-electron chi connectivity index (χ3n) is 1.26. The molecular formula is C6H6NNaO4S. The molecule has 0 radical (unpaired) electrons. The normalized spacial score (nSPS) is 10.5. The molecule has 5 nitrogen and oxygen atoms in total. The van der Waals surface area contributed by atoms with E-state index >= 15 is 0 Å². The van der Waals surface area contributed by atoms with Crippen molar-refractivity contribution in [2.24, 2.45) is 0 Å². The standard InChI is InChI=1S/C6H7NO4S.Na/c7-5-3-4(8)1-2-6(5)12(9,10)11;/h1-3,8H,7H2,(H,9,10,11);/q;+1/p-1. The average molecular weight is 211 g/mol. The van der Waals surface area contributed by atoms with Crippen molar-refractivity contribution in [2.45, 2.75) is 4.90 Å². The van der Waals surface area contributed by atoms with Crippen molar-refractivity contribution in [1.82, 2.24) is 0 Å². The van der Waals surface area contributed by atoms with E-state index in [1.54, 1.807) is 0 Å². The van der Waals surface area contributed by atoms with Gasteiger partial charge in [-0.25, -0.2) is 0 Å². The molecule has 0 amide bonds. The van der Waals surface area contributed by atoms with Crippen LogP contribution in [0.4, 0.5) is 5.69 Å². The van der Waals surface area contributed by atoms with Crippen LogP contribution in [0.3, 0.4) is 0 Å². The molecule has 0 saturated carbocycles. The Morgan fingerprint density at radius 2 is 1.92 bits per heavy atom. The van der Waals surface area contributed by atoms with E-state index in [-0.39, 0.29) is 35.2 Å². The Hall–Kier alpha value is -0.270. The third kappa shape index (κ3) is 3.17. The van der Waals surface area contributed by atoms with Gasteiger partial charge < -0.3 is 10.8 Å². The van der Waals surface area contributed by atoms with Crippen LogP contribution in [-0.4, -0.2) is 13.0 Å². The maximum absolute atomic E-state index is 10.6. The minimum atomic E-state index is -4.31. The molecule has 0 spiro atoms.